The van der Waals surface area contributed by atoms with Gasteiger partial charge in [0, 0.05) is 4.47 Å². The summed E-state index contributed by atoms with van der Waals surface area (Å²) in [6, 6.07) is 9.95. The van der Waals surface area contributed by atoms with Gasteiger partial charge in [-0.05, 0) is 61.5 Å². The second-order valence-corrected chi connectivity index (χ2v) is 6.50. The fourth-order valence-corrected chi connectivity index (χ4v) is 3.82. The Morgan fingerprint density at radius 3 is 2.50 bits per heavy atom. The molecule has 0 unspecified atom stereocenters. The van der Waals surface area contributed by atoms with Crippen LogP contribution in [0.3, 0.4) is 0 Å². The summed E-state index contributed by atoms with van der Waals surface area (Å²) >= 11 is 15.4. The van der Waals surface area contributed by atoms with Crippen LogP contribution in [0.4, 0.5) is 0 Å². The monoisotopic (exact) mass is 366 g/mol. The average molecular weight is 368 g/mol. The number of aryl methyl sites for hydroxylation is 2. The highest BCUT2D eigenvalue weighted by molar-refractivity contribution is 9.10. The minimum Gasteiger partial charge on any atom is -0.330 e. The van der Waals surface area contributed by atoms with Gasteiger partial charge in [-0.3, -0.25) is 4.57 Å². The van der Waals surface area contributed by atoms with Gasteiger partial charge >= 0.3 is 0 Å². The maximum Gasteiger partial charge on any atom is 0.182 e. The lowest BCUT2D eigenvalue weighted by atomic mass is 10.1. The van der Waals surface area contributed by atoms with Crippen molar-refractivity contribution >= 4 is 50.8 Å². The minimum absolute atomic E-state index is 0.654. The van der Waals surface area contributed by atoms with Crippen LogP contribution in [0.5, 0.6) is 0 Å². The first-order valence-corrected chi connectivity index (χ1v) is 7.73. The highest BCUT2D eigenvalue weighted by Gasteiger charge is 2.14. The number of hydrogen-bond donors (Lipinski definition) is 1. The normalized spacial score (nSPS) is 11.2. The van der Waals surface area contributed by atoms with Crippen LogP contribution in [0.25, 0.3) is 16.7 Å². The molecule has 0 atom stereocenters. The molecule has 0 saturated heterocycles. The van der Waals surface area contributed by atoms with E-state index in [-0.39, 0.29) is 0 Å². The van der Waals surface area contributed by atoms with Crippen LogP contribution in [0.15, 0.2) is 34.8 Å². The molecule has 0 radical (unpaired) electrons. The van der Waals surface area contributed by atoms with Gasteiger partial charge in [0.05, 0.1) is 21.7 Å². The van der Waals surface area contributed by atoms with E-state index in [2.05, 4.69) is 46.9 Å². The quantitative estimate of drug-likeness (QED) is 0.545. The van der Waals surface area contributed by atoms with Crippen LogP contribution < -0.4 is 0 Å². The summed E-state index contributed by atoms with van der Waals surface area (Å²) in [5.41, 5.74) is 5.25. The first kappa shape index (κ1) is 13.9. The Bertz CT molecular complexity index is 856. The van der Waals surface area contributed by atoms with E-state index in [0.29, 0.717) is 9.79 Å². The Labute approximate surface area is 135 Å². The fourth-order valence-electron chi connectivity index (χ4n) is 2.59. The van der Waals surface area contributed by atoms with Crippen LogP contribution in [-0.4, -0.2) is 9.55 Å². The van der Waals surface area contributed by atoms with Crippen molar-refractivity contribution in [2.75, 3.05) is 0 Å². The molecule has 5 heteroatoms. The Kier molecular flexibility index (Phi) is 3.48. The molecule has 0 aliphatic heterocycles. The molecule has 2 aromatic carbocycles. The average Bonchev–Trinajstić information content (AvgIpc) is 2.66. The zero-order valence-corrected chi connectivity index (χ0v) is 14.2. The van der Waals surface area contributed by atoms with Crippen LogP contribution in [0.1, 0.15) is 11.1 Å². The summed E-state index contributed by atoms with van der Waals surface area (Å²) in [6.07, 6.45) is 0. The Morgan fingerprint density at radius 1 is 1.20 bits per heavy atom. The summed E-state index contributed by atoms with van der Waals surface area (Å²) in [7, 11) is 0. The van der Waals surface area contributed by atoms with E-state index in [1.165, 1.54) is 0 Å². The Balaban J connectivity index is 2.48. The number of aromatic amines is 1. The smallest absolute Gasteiger partial charge is 0.182 e. The lowest BCUT2D eigenvalue weighted by Gasteiger charge is -2.13. The third-order valence-electron chi connectivity index (χ3n) is 3.33. The van der Waals surface area contributed by atoms with Gasteiger partial charge in [-0.1, -0.05) is 33.6 Å². The van der Waals surface area contributed by atoms with Gasteiger partial charge in [0.2, 0.25) is 0 Å². The number of nitrogens with one attached hydrogen (secondary N) is 1. The lowest BCUT2D eigenvalue weighted by molar-refractivity contribution is 1.03. The van der Waals surface area contributed by atoms with Gasteiger partial charge in [-0.25, -0.2) is 0 Å². The van der Waals surface area contributed by atoms with Crippen LogP contribution in [0.2, 0.25) is 5.02 Å². The van der Waals surface area contributed by atoms with Crippen molar-refractivity contribution in [3.05, 3.63) is 55.7 Å². The van der Waals surface area contributed by atoms with Crippen LogP contribution >= 0.6 is 39.7 Å². The molecule has 20 heavy (non-hydrogen) atoms. The van der Waals surface area contributed by atoms with E-state index < -0.39 is 0 Å². The molecule has 0 aliphatic rings. The molecular formula is C15H12BrClN2S. The first-order chi connectivity index (χ1) is 9.49. The van der Waals surface area contributed by atoms with Crippen molar-refractivity contribution in [3.63, 3.8) is 0 Å². The van der Waals surface area contributed by atoms with Gasteiger partial charge in [0.25, 0.3) is 0 Å². The molecule has 0 saturated carbocycles. The van der Waals surface area contributed by atoms with Crippen molar-refractivity contribution in [1.29, 1.82) is 0 Å². The summed E-state index contributed by atoms with van der Waals surface area (Å²) in [5.74, 6) is 0. The molecule has 0 fully saturated rings. The number of fused-ring (bicyclic) bond motifs is 1. The maximum absolute atomic E-state index is 6.36. The number of hydrogen-bond acceptors (Lipinski definition) is 1. The summed E-state index contributed by atoms with van der Waals surface area (Å²) < 4.78 is 3.74. The number of aromatic nitrogens is 2. The summed E-state index contributed by atoms with van der Waals surface area (Å²) in [5, 5.41) is 0.691. The number of rotatable bonds is 1. The van der Waals surface area contributed by atoms with Gasteiger partial charge in [-0.2, -0.15) is 0 Å². The number of benzene rings is 2. The number of halogens is 2. The molecule has 2 nitrogen and oxygen atoms in total. The number of nitrogens with zero attached hydrogens (tertiary/aromatic N) is 1. The predicted molar refractivity (Wildman–Crippen MR) is 90.6 cm³/mol. The second-order valence-electron chi connectivity index (χ2n) is 4.79. The summed E-state index contributed by atoms with van der Waals surface area (Å²) in [4.78, 5) is 3.22. The molecule has 1 N–H and O–H groups in total. The molecule has 0 aliphatic carbocycles. The van der Waals surface area contributed by atoms with Gasteiger partial charge in [-0.15, -0.1) is 0 Å². The molecular weight excluding hydrogens is 356 g/mol. The highest BCUT2D eigenvalue weighted by Crippen LogP contribution is 2.31. The SMILES string of the molecule is Cc1cc(Br)cc(C)c1-n1c(=S)[nH]c2cccc(Cl)c21. The summed E-state index contributed by atoms with van der Waals surface area (Å²) in [6.45, 7) is 4.15. The zero-order chi connectivity index (χ0) is 14.4. The second kappa shape index (κ2) is 5.02. The third-order valence-corrected chi connectivity index (χ3v) is 4.38. The van der Waals surface area contributed by atoms with Gasteiger partial charge in [0.15, 0.2) is 4.77 Å². The van der Waals surface area contributed by atoms with E-state index in [1.807, 2.05) is 22.8 Å². The Morgan fingerprint density at radius 2 is 1.85 bits per heavy atom. The van der Waals surface area contributed by atoms with E-state index in [0.717, 1.165) is 32.3 Å². The van der Waals surface area contributed by atoms with E-state index in [1.54, 1.807) is 0 Å². The molecule has 3 rings (SSSR count). The largest absolute Gasteiger partial charge is 0.330 e. The van der Waals surface area contributed by atoms with Crippen LogP contribution in [-0.2, 0) is 0 Å². The van der Waals surface area contributed by atoms with Crippen LogP contribution in [0, 0.1) is 18.6 Å². The minimum atomic E-state index is 0.654. The predicted octanol–water partition coefficient (Wildman–Crippen LogP) is 5.72. The van der Waals surface area contributed by atoms with Crippen molar-refractivity contribution in [2.45, 2.75) is 13.8 Å². The van der Waals surface area contributed by atoms with Crippen molar-refractivity contribution in [2.24, 2.45) is 0 Å². The fraction of sp³-hybridized carbons (Fsp3) is 0.133. The maximum atomic E-state index is 6.36. The van der Waals surface area contributed by atoms with Gasteiger partial charge < -0.3 is 4.98 Å². The zero-order valence-electron chi connectivity index (χ0n) is 11.0. The molecule has 0 bridgehead atoms. The molecule has 0 spiro atoms. The topological polar surface area (TPSA) is 20.7 Å². The highest BCUT2D eigenvalue weighted by atomic mass is 79.9. The van der Waals surface area contributed by atoms with Crippen molar-refractivity contribution in [1.82, 2.24) is 9.55 Å². The molecule has 3 aromatic rings. The molecule has 1 heterocycles. The van der Waals surface area contributed by atoms with E-state index in [4.69, 9.17) is 23.8 Å². The standard InChI is InChI=1S/C15H12BrClN2S/c1-8-6-10(16)7-9(2)13(8)19-14-11(17)4-3-5-12(14)18-15(19)20/h3-7H,1-2H3,(H,18,20). The van der Waals surface area contributed by atoms with Crippen molar-refractivity contribution in [3.8, 4) is 5.69 Å². The van der Waals surface area contributed by atoms with E-state index >= 15 is 0 Å². The molecule has 102 valence electrons. The van der Waals surface area contributed by atoms with E-state index in [9.17, 15) is 0 Å². The Hall–Kier alpha value is -1.10. The third kappa shape index (κ3) is 2.12. The molecule has 0 amide bonds. The van der Waals surface area contributed by atoms with Crippen molar-refractivity contribution < 1.29 is 0 Å². The first-order valence-electron chi connectivity index (χ1n) is 6.15. The van der Waals surface area contributed by atoms with Gasteiger partial charge in [0.1, 0.15) is 0 Å². The lowest BCUT2D eigenvalue weighted by Crippen LogP contribution is -2.00. The number of para-hydroxylation sites is 1. The molecule has 1 aromatic heterocycles. The number of H-pyrrole nitrogens is 1. The number of imidazole rings is 1.